The van der Waals surface area contributed by atoms with Crippen molar-refractivity contribution in [3.63, 3.8) is 0 Å². The van der Waals surface area contributed by atoms with Crippen molar-refractivity contribution in [3.8, 4) is 0 Å². The van der Waals surface area contributed by atoms with Crippen molar-refractivity contribution < 1.29 is 0 Å². The molecule has 0 bridgehead atoms. The van der Waals surface area contributed by atoms with E-state index < -0.39 is 0 Å². The number of aromatic nitrogens is 1. The van der Waals surface area contributed by atoms with Crippen LogP contribution in [0.4, 0.5) is 0 Å². The molecule has 3 heteroatoms. The lowest BCUT2D eigenvalue weighted by Gasteiger charge is -1.85. The fourth-order valence-corrected chi connectivity index (χ4v) is 1.18. The van der Waals surface area contributed by atoms with Gasteiger partial charge in [-0.05, 0) is 6.92 Å². The highest BCUT2D eigenvalue weighted by atomic mass is 32.1. The summed E-state index contributed by atoms with van der Waals surface area (Å²) in [7, 11) is 5.37. The minimum atomic E-state index is 0.622. The Morgan fingerprint density at radius 1 is 1.88 bits per heavy atom. The van der Waals surface area contributed by atoms with Gasteiger partial charge in [0.2, 0.25) is 0 Å². The Bertz CT molecular complexity index is 173. The molecule has 0 unspecified atom stereocenters. The van der Waals surface area contributed by atoms with Gasteiger partial charge in [-0.3, -0.25) is 0 Å². The SMILES string of the molecule is [B]Cc1scnc1C. The molecular formula is C5H6BNS. The third-order valence-corrected chi connectivity index (χ3v) is 1.99. The van der Waals surface area contributed by atoms with Crippen molar-refractivity contribution in [2.75, 3.05) is 0 Å². The Balaban J connectivity index is 2.92. The van der Waals surface area contributed by atoms with Gasteiger partial charge in [0.1, 0.15) is 0 Å². The van der Waals surface area contributed by atoms with Crippen molar-refractivity contribution in [3.05, 3.63) is 16.1 Å². The molecule has 0 saturated carbocycles. The molecule has 0 saturated heterocycles. The zero-order chi connectivity index (χ0) is 5.98. The van der Waals surface area contributed by atoms with Gasteiger partial charge in [-0.25, -0.2) is 4.98 Å². The first-order chi connectivity index (χ1) is 3.84. The van der Waals surface area contributed by atoms with Crippen molar-refractivity contribution in [1.82, 2.24) is 4.98 Å². The Hall–Kier alpha value is -0.305. The predicted molar refractivity (Wildman–Crippen MR) is 36.3 cm³/mol. The largest absolute Gasteiger partial charge is 0.250 e. The minimum Gasteiger partial charge on any atom is -0.250 e. The van der Waals surface area contributed by atoms with E-state index in [1.165, 1.54) is 4.88 Å². The molecule has 0 aliphatic rings. The fraction of sp³-hybridized carbons (Fsp3) is 0.400. The number of thiazole rings is 1. The summed E-state index contributed by atoms with van der Waals surface area (Å²) in [6.07, 6.45) is 0.622. The lowest BCUT2D eigenvalue weighted by Crippen LogP contribution is -1.80. The number of hydrogen-bond donors (Lipinski definition) is 0. The van der Waals surface area contributed by atoms with E-state index in [0.717, 1.165) is 5.69 Å². The Morgan fingerprint density at radius 2 is 2.62 bits per heavy atom. The summed E-state index contributed by atoms with van der Waals surface area (Å²) in [5, 5.41) is 0. The Kier molecular flexibility index (Phi) is 1.68. The summed E-state index contributed by atoms with van der Waals surface area (Å²) in [6.45, 7) is 1.97. The van der Waals surface area contributed by atoms with E-state index in [0.29, 0.717) is 6.32 Å². The second-order valence-corrected chi connectivity index (χ2v) is 2.50. The quantitative estimate of drug-likeness (QED) is 0.510. The zero-order valence-corrected chi connectivity index (χ0v) is 5.53. The van der Waals surface area contributed by atoms with Crippen LogP contribution >= 0.6 is 11.3 Å². The highest BCUT2D eigenvalue weighted by Gasteiger charge is 1.94. The molecule has 1 nitrogen and oxygen atoms in total. The second kappa shape index (κ2) is 2.31. The van der Waals surface area contributed by atoms with Gasteiger partial charge in [0.15, 0.2) is 0 Å². The molecule has 40 valence electrons. The summed E-state index contributed by atoms with van der Waals surface area (Å²) < 4.78 is 0. The van der Waals surface area contributed by atoms with Crippen molar-refractivity contribution in [1.29, 1.82) is 0 Å². The first-order valence-electron chi connectivity index (χ1n) is 2.43. The van der Waals surface area contributed by atoms with E-state index in [4.69, 9.17) is 7.85 Å². The molecule has 0 fully saturated rings. The van der Waals surface area contributed by atoms with Crippen LogP contribution in [0.5, 0.6) is 0 Å². The van der Waals surface area contributed by atoms with E-state index in [-0.39, 0.29) is 0 Å². The van der Waals surface area contributed by atoms with E-state index in [2.05, 4.69) is 4.98 Å². The van der Waals surface area contributed by atoms with Gasteiger partial charge in [0.25, 0.3) is 0 Å². The maximum atomic E-state index is 5.37. The molecule has 0 atom stereocenters. The standard InChI is InChI=1S/C5H6BNS/c1-4-5(2-6)8-3-7-4/h3H,2H2,1H3. The third kappa shape index (κ3) is 0.918. The van der Waals surface area contributed by atoms with Crippen LogP contribution in [0.1, 0.15) is 10.6 Å². The maximum absolute atomic E-state index is 5.37. The first kappa shape index (κ1) is 5.82. The van der Waals surface area contributed by atoms with Gasteiger partial charge >= 0.3 is 0 Å². The number of aryl methyl sites for hydroxylation is 1. The van der Waals surface area contributed by atoms with Crippen LogP contribution in [-0.4, -0.2) is 12.8 Å². The topological polar surface area (TPSA) is 12.9 Å². The van der Waals surface area contributed by atoms with Crippen LogP contribution in [-0.2, 0) is 6.32 Å². The summed E-state index contributed by atoms with van der Waals surface area (Å²) in [5.41, 5.74) is 2.88. The Morgan fingerprint density at radius 3 is 2.88 bits per heavy atom. The number of nitrogens with zero attached hydrogens (tertiary/aromatic N) is 1. The van der Waals surface area contributed by atoms with Crippen LogP contribution in [0.15, 0.2) is 5.51 Å². The number of rotatable bonds is 1. The summed E-state index contributed by atoms with van der Waals surface area (Å²) in [5.74, 6) is 0. The normalized spacial score (nSPS) is 9.62. The van der Waals surface area contributed by atoms with Crippen LogP contribution < -0.4 is 0 Å². The van der Waals surface area contributed by atoms with Crippen molar-refractivity contribution in [2.24, 2.45) is 0 Å². The molecule has 0 aromatic carbocycles. The molecule has 8 heavy (non-hydrogen) atoms. The summed E-state index contributed by atoms with van der Waals surface area (Å²) in [4.78, 5) is 5.21. The summed E-state index contributed by atoms with van der Waals surface area (Å²) >= 11 is 1.61. The van der Waals surface area contributed by atoms with Crippen molar-refractivity contribution >= 4 is 19.2 Å². The number of hydrogen-bond acceptors (Lipinski definition) is 2. The molecule has 1 heterocycles. The Labute approximate surface area is 54.2 Å². The molecule has 0 amide bonds. The van der Waals surface area contributed by atoms with Gasteiger partial charge in [-0.15, -0.1) is 11.3 Å². The molecule has 0 N–H and O–H groups in total. The molecule has 1 aromatic heterocycles. The monoisotopic (exact) mass is 123 g/mol. The first-order valence-corrected chi connectivity index (χ1v) is 3.31. The van der Waals surface area contributed by atoms with Gasteiger partial charge in [0, 0.05) is 4.88 Å². The molecule has 1 rings (SSSR count). The second-order valence-electron chi connectivity index (χ2n) is 1.57. The smallest absolute Gasteiger partial charge is 0.0797 e. The van der Waals surface area contributed by atoms with E-state index in [1.807, 2.05) is 12.4 Å². The van der Waals surface area contributed by atoms with E-state index in [1.54, 1.807) is 11.3 Å². The average Bonchev–Trinajstić information content (AvgIpc) is 2.14. The van der Waals surface area contributed by atoms with Crippen LogP contribution in [0.2, 0.25) is 0 Å². The van der Waals surface area contributed by atoms with E-state index in [9.17, 15) is 0 Å². The summed E-state index contributed by atoms with van der Waals surface area (Å²) in [6, 6.07) is 0. The van der Waals surface area contributed by atoms with Gasteiger partial charge in [0.05, 0.1) is 19.1 Å². The van der Waals surface area contributed by atoms with Crippen molar-refractivity contribution in [2.45, 2.75) is 13.2 Å². The molecular weight excluding hydrogens is 117 g/mol. The molecule has 1 aromatic rings. The highest BCUT2D eigenvalue weighted by molar-refractivity contribution is 7.09. The highest BCUT2D eigenvalue weighted by Crippen LogP contribution is 2.10. The fourth-order valence-electron chi connectivity index (χ4n) is 0.522. The van der Waals surface area contributed by atoms with Gasteiger partial charge in [-0.2, -0.15) is 0 Å². The lowest BCUT2D eigenvalue weighted by molar-refractivity contribution is 1.22. The van der Waals surface area contributed by atoms with E-state index >= 15 is 0 Å². The van der Waals surface area contributed by atoms with Crippen LogP contribution in [0.25, 0.3) is 0 Å². The lowest BCUT2D eigenvalue weighted by atomic mass is 10.0. The third-order valence-electron chi connectivity index (χ3n) is 1.03. The predicted octanol–water partition coefficient (Wildman–Crippen LogP) is 1.12. The minimum absolute atomic E-state index is 0.622. The average molecular weight is 123 g/mol. The molecule has 0 aliphatic carbocycles. The molecule has 0 aliphatic heterocycles. The van der Waals surface area contributed by atoms with Gasteiger partial charge < -0.3 is 0 Å². The van der Waals surface area contributed by atoms with Crippen LogP contribution in [0.3, 0.4) is 0 Å². The zero-order valence-electron chi connectivity index (χ0n) is 4.72. The van der Waals surface area contributed by atoms with Crippen LogP contribution in [0, 0.1) is 6.92 Å². The van der Waals surface area contributed by atoms with Gasteiger partial charge in [-0.1, -0.05) is 6.32 Å². The molecule has 2 radical (unpaired) electrons. The maximum Gasteiger partial charge on any atom is 0.0797 e. The molecule has 0 spiro atoms.